The van der Waals surface area contributed by atoms with Crippen LogP contribution in [-0.2, 0) is 18.8 Å². The molecule has 2 aliphatic carbocycles. The summed E-state index contributed by atoms with van der Waals surface area (Å²) in [6.45, 7) is 13.0. The summed E-state index contributed by atoms with van der Waals surface area (Å²) >= 11 is 0. The Morgan fingerprint density at radius 2 is 1.81 bits per heavy atom. The van der Waals surface area contributed by atoms with Gasteiger partial charge < -0.3 is 19.0 Å². The van der Waals surface area contributed by atoms with Gasteiger partial charge in [0.2, 0.25) is 11.8 Å². The van der Waals surface area contributed by atoms with Crippen molar-refractivity contribution < 1.29 is 18.8 Å². The number of amides is 2. The predicted molar refractivity (Wildman–Crippen MR) is 123 cm³/mol. The molecule has 2 spiro atoms. The van der Waals surface area contributed by atoms with Gasteiger partial charge in [0.1, 0.15) is 16.6 Å². The van der Waals surface area contributed by atoms with Crippen molar-refractivity contribution in [2.45, 2.75) is 82.8 Å². The van der Waals surface area contributed by atoms with E-state index < -0.39 is 24.7 Å². The zero-order chi connectivity index (χ0) is 23.2. The van der Waals surface area contributed by atoms with Gasteiger partial charge in [-0.15, -0.1) is 0 Å². The molecule has 7 heteroatoms. The number of rotatable bonds is 3. The van der Waals surface area contributed by atoms with Crippen LogP contribution in [0, 0.1) is 10.8 Å². The van der Waals surface area contributed by atoms with Crippen LogP contribution in [-0.4, -0.2) is 68.8 Å². The fourth-order valence-electron chi connectivity index (χ4n) is 6.25. The van der Waals surface area contributed by atoms with E-state index in [1.807, 2.05) is 25.9 Å². The fraction of sp³-hybridized carbons (Fsp3) is 0.750. The highest BCUT2D eigenvalue weighted by molar-refractivity contribution is 6.74. The van der Waals surface area contributed by atoms with Crippen LogP contribution in [0.2, 0.25) is 18.1 Å². The molecular weight excluding hydrogens is 408 g/mol. The minimum absolute atomic E-state index is 0.0119. The third kappa shape index (κ3) is 2.48. The Bertz CT molecular complexity index is 891. The number of carbonyl (C=O) groups excluding carboxylic acids is 2. The highest BCUT2D eigenvalue weighted by atomic mass is 28.4. The van der Waals surface area contributed by atoms with Gasteiger partial charge in [-0.1, -0.05) is 32.9 Å². The van der Waals surface area contributed by atoms with Gasteiger partial charge in [0.15, 0.2) is 8.32 Å². The van der Waals surface area contributed by atoms with E-state index in [1.165, 1.54) is 0 Å². The van der Waals surface area contributed by atoms with Crippen LogP contribution in [0.4, 0.5) is 0 Å². The zero-order valence-corrected chi connectivity index (χ0v) is 21.5. The summed E-state index contributed by atoms with van der Waals surface area (Å²) in [5, 5.41) is 0.0200. The fourth-order valence-corrected chi connectivity index (χ4v) is 7.62. The lowest BCUT2D eigenvalue weighted by Gasteiger charge is -2.66. The van der Waals surface area contributed by atoms with Crippen molar-refractivity contribution in [3.8, 4) is 0 Å². The zero-order valence-electron chi connectivity index (χ0n) is 20.5. The molecule has 172 valence electrons. The molecule has 7 rings (SSSR count). The normalized spacial score (nSPS) is 40.0. The molecule has 0 aromatic carbocycles. The van der Waals surface area contributed by atoms with Gasteiger partial charge in [-0.3, -0.25) is 9.59 Å². The van der Waals surface area contributed by atoms with Crippen molar-refractivity contribution in [3.05, 3.63) is 24.0 Å². The van der Waals surface area contributed by atoms with Crippen molar-refractivity contribution in [1.29, 1.82) is 0 Å². The number of methoxy groups -OCH3 is 1. The van der Waals surface area contributed by atoms with Crippen LogP contribution in [0.25, 0.3) is 0 Å². The maximum atomic E-state index is 14.2. The second kappa shape index (κ2) is 6.47. The lowest BCUT2D eigenvalue weighted by atomic mass is 9.51. The van der Waals surface area contributed by atoms with Crippen LogP contribution in [0.15, 0.2) is 24.0 Å². The van der Waals surface area contributed by atoms with E-state index in [0.717, 1.165) is 12.8 Å². The van der Waals surface area contributed by atoms with E-state index in [0.29, 0.717) is 12.2 Å². The van der Waals surface area contributed by atoms with Crippen molar-refractivity contribution in [3.63, 3.8) is 0 Å². The summed E-state index contributed by atoms with van der Waals surface area (Å²) in [5.74, 6) is 0.736. The van der Waals surface area contributed by atoms with Crippen molar-refractivity contribution >= 4 is 20.1 Å². The second-order valence-corrected chi connectivity index (χ2v) is 16.3. The van der Waals surface area contributed by atoms with Gasteiger partial charge in [-0.05, 0) is 50.4 Å². The first-order valence-corrected chi connectivity index (χ1v) is 14.3. The van der Waals surface area contributed by atoms with Crippen LogP contribution in [0.5, 0.6) is 0 Å². The maximum absolute atomic E-state index is 14.2. The minimum atomic E-state index is -2.17. The molecule has 1 saturated carbocycles. The smallest absolute Gasteiger partial charge is 0.239 e. The maximum Gasteiger partial charge on any atom is 0.239 e. The molecule has 2 amide bonds. The molecule has 31 heavy (non-hydrogen) atoms. The Hall–Kier alpha value is -1.60. The number of likely N-dealkylation sites (N-methyl/N-ethyl adjacent to an activating group) is 2. The Morgan fingerprint density at radius 3 is 2.39 bits per heavy atom. The van der Waals surface area contributed by atoms with Gasteiger partial charge in [0, 0.05) is 14.1 Å². The molecule has 2 fully saturated rings. The van der Waals surface area contributed by atoms with E-state index in [2.05, 4.69) is 52.1 Å². The van der Waals surface area contributed by atoms with Gasteiger partial charge >= 0.3 is 0 Å². The third-order valence-corrected chi connectivity index (χ3v) is 13.7. The highest BCUT2D eigenvalue weighted by Crippen LogP contribution is 2.62. The van der Waals surface area contributed by atoms with E-state index in [-0.39, 0.29) is 29.0 Å². The molecule has 0 N–H and O–H groups in total. The second-order valence-electron chi connectivity index (χ2n) is 11.6. The molecule has 4 bridgehead atoms. The topological polar surface area (TPSA) is 59.1 Å². The molecule has 6 nitrogen and oxygen atoms in total. The molecule has 1 saturated heterocycles. The number of ether oxygens (including phenoxy) is 1. The summed E-state index contributed by atoms with van der Waals surface area (Å²) in [6.07, 6.45) is 8.37. The molecule has 7 aliphatic rings. The van der Waals surface area contributed by atoms with Gasteiger partial charge in [0.05, 0.1) is 24.8 Å². The van der Waals surface area contributed by atoms with Crippen LogP contribution >= 0.6 is 0 Å². The number of hydrogen-bond donors (Lipinski definition) is 0. The lowest BCUT2D eigenvalue weighted by Crippen LogP contribution is -2.79. The van der Waals surface area contributed by atoms with Crippen molar-refractivity contribution in [2.24, 2.45) is 10.8 Å². The molecule has 0 unspecified atom stereocenters. The van der Waals surface area contributed by atoms with Crippen LogP contribution < -0.4 is 0 Å². The largest absolute Gasteiger partial charge is 0.500 e. The van der Waals surface area contributed by atoms with E-state index in [1.54, 1.807) is 12.0 Å². The molecule has 0 aromatic rings. The van der Waals surface area contributed by atoms with Crippen molar-refractivity contribution in [2.75, 3.05) is 21.2 Å². The summed E-state index contributed by atoms with van der Waals surface area (Å²) in [5.41, 5.74) is -2.69. The van der Waals surface area contributed by atoms with E-state index >= 15 is 0 Å². The van der Waals surface area contributed by atoms with Gasteiger partial charge in [-0.2, -0.15) is 0 Å². The summed E-state index contributed by atoms with van der Waals surface area (Å²) < 4.78 is 12.9. The average Bonchev–Trinajstić information content (AvgIpc) is 2.67. The number of carbonyl (C=O) groups is 2. The standard InChI is InChI=1S/C24H38N2O4Si/c1-21(2,3)31(8,9)30-17-11-10-13-23-15-18(29-7)22(4,19(27)26(23)6)16-12-14-24(17,23)20(28)25(16)5/h12,14-17H,10-11,13H2,1-9H3/t16-,17-,22+,23-,24-/m1/s1. The Labute approximate surface area is 187 Å². The Kier molecular flexibility index (Phi) is 4.71. The number of hydrogen-bond acceptors (Lipinski definition) is 4. The van der Waals surface area contributed by atoms with E-state index in [4.69, 9.17) is 9.16 Å². The monoisotopic (exact) mass is 446 g/mol. The summed E-state index contributed by atoms with van der Waals surface area (Å²) in [6, 6.07) is -0.388. The Morgan fingerprint density at radius 1 is 1.16 bits per heavy atom. The van der Waals surface area contributed by atoms with Gasteiger partial charge in [0.25, 0.3) is 0 Å². The summed E-state index contributed by atoms with van der Waals surface area (Å²) in [7, 11) is 3.16. The first-order valence-electron chi connectivity index (χ1n) is 11.4. The Balaban J connectivity index is 2.00. The van der Waals surface area contributed by atoms with Crippen LogP contribution in [0.3, 0.4) is 0 Å². The molecular formula is C24H38N2O4Si. The minimum Gasteiger partial charge on any atom is -0.500 e. The summed E-state index contributed by atoms with van der Waals surface area (Å²) in [4.78, 5) is 31.8. The predicted octanol–water partition coefficient (Wildman–Crippen LogP) is 3.70. The van der Waals surface area contributed by atoms with Gasteiger partial charge in [-0.25, -0.2) is 0 Å². The molecule has 5 heterocycles. The molecule has 0 aromatic heterocycles. The van der Waals surface area contributed by atoms with Crippen LogP contribution in [0.1, 0.15) is 47.0 Å². The SMILES string of the molecule is COC1=C[C@]23CCC[C@@H](O[Si](C)(C)C(C)(C)C)[C@@]24C=C[C@@H](N(C)C4=O)[C@]1(C)C(=O)N3C. The molecule has 5 atom stereocenters. The molecule has 5 aliphatic heterocycles. The highest BCUT2D eigenvalue weighted by Gasteiger charge is 2.73. The third-order valence-electron chi connectivity index (χ3n) is 9.17. The first kappa shape index (κ1) is 22.6. The van der Waals surface area contributed by atoms with Crippen molar-refractivity contribution in [1.82, 2.24) is 9.80 Å². The number of nitrogens with zero attached hydrogens (tertiary/aromatic N) is 2. The lowest BCUT2D eigenvalue weighted by molar-refractivity contribution is -0.186. The quantitative estimate of drug-likeness (QED) is 0.490. The van der Waals surface area contributed by atoms with E-state index in [9.17, 15) is 9.59 Å². The average molecular weight is 447 g/mol. The first-order chi connectivity index (χ1) is 14.2. The molecule has 0 radical (unpaired) electrons.